The summed E-state index contributed by atoms with van der Waals surface area (Å²) in [5, 5.41) is 38.5. The molecule has 4 heteroatoms. The summed E-state index contributed by atoms with van der Waals surface area (Å²) in [5.41, 5.74) is 2.46. The summed E-state index contributed by atoms with van der Waals surface area (Å²) in [5.74, 6) is -0.772. The first-order valence-electron chi connectivity index (χ1n) is 5.27. The van der Waals surface area contributed by atoms with Crippen LogP contribution >= 0.6 is 0 Å². The van der Waals surface area contributed by atoms with Gasteiger partial charge in [-0.2, -0.15) is 0 Å². The SMILES string of the molecule is Cc1c(O)c(O)c(C)c2c1C=C(O)C(O)=CC2. The topological polar surface area (TPSA) is 80.9 Å². The summed E-state index contributed by atoms with van der Waals surface area (Å²) >= 11 is 0. The van der Waals surface area contributed by atoms with Crippen molar-refractivity contribution >= 4 is 6.08 Å². The fourth-order valence-electron chi connectivity index (χ4n) is 2.03. The molecular formula is C13H14O4. The van der Waals surface area contributed by atoms with Gasteiger partial charge in [-0.1, -0.05) is 0 Å². The van der Waals surface area contributed by atoms with Crippen molar-refractivity contribution in [3.63, 3.8) is 0 Å². The highest BCUT2D eigenvalue weighted by Gasteiger charge is 2.20. The van der Waals surface area contributed by atoms with Gasteiger partial charge in [0.15, 0.2) is 23.0 Å². The van der Waals surface area contributed by atoms with E-state index >= 15 is 0 Å². The number of rotatable bonds is 0. The Kier molecular flexibility index (Phi) is 2.50. The second-order valence-corrected chi connectivity index (χ2v) is 4.16. The lowest BCUT2D eigenvalue weighted by Gasteiger charge is -2.14. The van der Waals surface area contributed by atoms with Crippen LogP contribution in [-0.2, 0) is 6.42 Å². The van der Waals surface area contributed by atoms with Gasteiger partial charge in [0.25, 0.3) is 0 Å². The van der Waals surface area contributed by atoms with Gasteiger partial charge in [0.2, 0.25) is 0 Å². The molecule has 0 aromatic heterocycles. The monoisotopic (exact) mass is 234 g/mol. The van der Waals surface area contributed by atoms with Crippen molar-refractivity contribution in [2.24, 2.45) is 0 Å². The van der Waals surface area contributed by atoms with Crippen LogP contribution in [0.25, 0.3) is 6.08 Å². The van der Waals surface area contributed by atoms with Crippen LogP contribution in [0.2, 0.25) is 0 Å². The summed E-state index contributed by atoms with van der Waals surface area (Å²) in [7, 11) is 0. The van der Waals surface area contributed by atoms with Crippen molar-refractivity contribution < 1.29 is 20.4 Å². The number of aliphatic hydroxyl groups is 2. The van der Waals surface area contributed by atoms with Crippen molar-refractivity contribution in [1.82, 2.24) is 0 Å². The first-order valence-corrected chi connectivity index (χ1v) is 5.27. The summed E-state index contributed by atoms with van der Waals surface area (Å²) in [6.07, 6.45) is 3.26. The summed E-state index contributed by atoms with van der Waals surface area (Å²) in [4.78, 5) is 0. The summed E-state index contributed by atoms with van der Waals surface area (Å²) in [6.45, 7) is 3.34. The van der Waals surface area contributed by atoms with Crippen LogP contribution in [0.15, 0.2) is 17.6 Å². The second-order valence-electron chi connectivity index (χ2n) is 4.16. The maximum atomic E-state index is 9.75. The zero-order valence-electron chi connectivity index (χ0n) is 9.65. The lowest BCUT2D eigenvalue weighted by atomic mass is 9.93. The van der Waals surface area contributed by atoms with E-state index < -0.39 is 0 Å². The molecule has 0 amide bonds. The van der Waals surface area contributed by atoms with Crippen LogP contribution in [-0.4, -0.2) is 20.4 Å². The average molecular weight is 234 g/mol. The normalized spacial score (nSPS) is 14.7. The molecule has 0 saturated carbocycles. The van der Waals surface area contributed by atoms with E-state index in [2.05, 4.69) is 0 Å². The number of fused-ring (bicyclic) bond motifs is 1. The first kappa shape index (κ1) is 11.4. The molecule has 4 nitrogen and oxygen atoms in total. The Morgan fingerprint density at radius 2 is 1.47 bits per heavy atom. The van der Waals surface area contributed by atoms with Gasteiger partial charge in [-0.3, -0.25) is 0 Å². The Morgan fingerprint density at radius 3 is 2.12 bits per heavy atom. The number of phenols is 2. The van der Waals surface area contributed by atoms with Gasteiger partial charge in [0, 0.05) is 5.56 Å². The summed E-state index contributed by atoms with van der Waals surface area (Å²) in [6, 6.07) is 0. The van der Waals surface area contributed by atoms with Crippen molar-refractivity contribution in [3.05, 3.63) is 39.8 Å². The highest BCUT2D eigenvalue weighted by Crippen LogP contribution is 2.40. The van der Waals surface area contributed by atoms with Crippen LogP contribution < -0.4 is 0 Å². The Morgan fingerprint density at radius 1 is 0.882 bits per heavy atom. The zero-order valence-corrected chi connectivity index (χ0v) is 9.65. The minimum atomic E-state index is -0.240. The van der Waals surface area contributed by atoms with Gasteiger partial charge >= 0.3 is 0 Å². The number of benzene rings is 1. The lowest BCUT2D eigenvalue weighted by molar-refractivity contribution is 0.329. The molecule has 1 aromatic rings. The zero-order chi connectivity index (χ0) is 12.7. The average Bonchev–Trinajstić information content (AvgIpc) is 2.45. The number of aromatic hydroxyl groups is 2. The predicted molar refractivity (Wildman–Crippen MR) is 64.3 cm³/mol. The molecule has 0 radical (unpaired) electrons. The first-order chi connectivity index (χ1) is 7.93. The quantitative estimate of drug-likeness (QED) is 0.520. The molecule has 90 valence electrons. The molecule has 0 saturated heterocycles. The fourth-order valence-corrected chi connectivity index (χ4v) is 2.03. The molecule has 1 aliphatic carbocycles. The van der Waals surface area contributed by atoms with Gasteiger partial charge in [-0.25, -0.2) is 0 Å². The highest BCUT2D eigenvalue weighted by atomic mass is 16.3. The van der Waals surface area contributed by atoms with E-state index in [0.717, 1.165) is 5.56 Å². The van der Waals surface area contributed by atoms with Crippen LogP contribution in [0, 0.1) is 13.8 Å². The largest absolute Gasteiger partial charge is 0.504 e. The van der Waals surface area contributed by atoms with Gasteiger partial charge in [0.05, 0.1) is 0 Å². The molecule has 0 spiro atoms. The van der Waals surface area contributed by atoms with Gasteiger partial charge in [-0.15, -0.1) is 0 Å². The Balaban J connectivity index is 2.80. The molecule has 0 aliphatic heterocycles. The molecule has 0 atom stereocenters. The molecule has 17 heavy (non-hydrogen) atoms. The number of allylic oxidation sites excluding steroid dienone is 1. The molecular weight excluding hydrogens is 220 g/mol. The standard InChI is InChI=1S/C13H14O4/c1-6-8-3-4-10(14)11(15)5-9(8)7(2)13(17)12(6)16/h4-5,14-17H,3H2,1-2H3. The Bertz CT molecular complexity index is 553. The van der Waals surface area contributed by atoms with Gasteiger partial charge in [-0.05, 0) is 49.1 Å². The van der Waals surface area contributed by atoms with E-state index in [1.54, 1.807) is 13.8 Å². The molecule has 0 unspecified atom stereocenters. The molecule has 0 fully saturated rings. The lowest BCUT2D eigenvalue weighted by Crippen LogP contribution is -1.96. The van der Waals surface area contributed by atoms with Gasteiger partial charge < -0.3 is 20.4 Å². The molecule has 0 heterocycles. The van der Waals surface area contributed by atoms with Crippen LogP contribution in [0.4, 0.5) is 0 Å². The van der Waals surface area contributed by atoms with Crippen molar-refractivity contribution in [2.45, 2.75) is 20.3 Å². The molecule has 1 aliphatic rings. The third-order valence-electron chi connectivity index (χ3n) is 3.16. The Labute approximate surface area is 98.8 Å². The number of aliphatic hydroxyl groups excluding tert-OH is 2. The Hall–Kier alpha value is -2.10. The summed E-state index contributed by atoms with van der Waals surface area (Å²) < 4.78 is 0. The molecule has 4 N–H and O–H groups in total. The molecule has 0 bridgehead atoms. The van der Waals surface area contributed by atoms with E-state index in [1.807, 2.05) is 0 Å². The minimum Gasteiger partial charge on any atom is -0.504 e. The van der Waals surface area contributed by atoms with Crippen molar-refractivity contribution in [2.75, 3.05) is 0 Å². The maximum absolute atomic E-state index is 9.75. The minimum absolute atomic E-state index is 0.149. The van der Waals surface area contributed by atoms with E-state index in [9.17, 15) is 20.4 Å². The van der Waals surface area contributed by atoms with E-state index in [-0.39, 0.29) is 23.0 Å². The van der Waals surface area contributed by atoms with Crippen LogP contribution in [0.3, 0.4) is 0 Å². The maximum Gasteiger partial charge on any atom is 0.161 e. The van der Waals surface area contributed by atoms with Crippen LogP contribution in [0.1, 0.15) is 22.3 Å². The van der Waals surface area contributed by atoms with Gasteiger partial charge in [0.1, 0.15) is 0 Å². The second kappa shape index (κ2) is 3.73. The van der Waals surface area contributed by atoms with Crippen molar-refractivity contribution in [3.8, 4) is 11.5 Å². The van der Waals surface area contributed by atoms with Crippen molar-refractivity contribution in [1.29, 1.82) is 0 Å². The van der Waals surface area contributed by atoms with E-state index in [0.29, 0.717) is 23.1 Å². The fraction of sp³-hybridized carbons (Fsp3) is 0.231. The third-order valence-corrected chi connectivity index (χ3v) is 3.16. The van der Waals surface area contributed by atoms with E-state index in [1.165, 1.54) is 12.2 Å². The smallest absolute Gasteiger partial charge is 0.161 e. The predicted octanol–water partition coefficient (Wildman–Crippen LogP) is 2.61. The molecule has 1 aromatic carbocycles. The highest BCUT2D eigenvalue weighted by molar-refractivity contribution is 5.71. The number of phenolic OH excluding ortho intramolecular Hbond substituents is 2. The molecule has 2 rings (SSSR count). The number of hydrogen-bond acceptors (Lipinski definition) is 4. The van der Waals surface area contributed by atoms with Crippen LogP contribution in [0.5, 0.6) is 11.5 Å². The van der Waals surface area contributed by atoms with E-state index in [4.69, 9.17) is 0 Å². The number of hydrogen-bond donors (Lipinski definition) is 4. The third kappa shape index (κ3) is 1.62.